The molecule has 64 valence electrons. The Bertz CT molecular complexity index is 256. The molecule has 1 aromatic rings. The van der Waals surface area contributed by atoms with E-state index in [1.807, 2.05) is 11.8 Å². The first-order valence-electron chi connectivity index (χ1n) is 4.29. The highest BCUT2D eigenvalue weighted by molar-refractivity contribution is 8.00. The molecular weight excluding hydrogens is 166 g/mol. The van der Waals surface area contributed by atoms with Crippen molar-refractivity contribution in [1.82, 2.24) is 0 Å². The summed E-state index contributed by atoms with van der Waals surface area (Å²) in [7, 11) is 0. The van der Waals surface area contributed by atoms with E-state index < -0.39 is 0 Å². The van der Waals surface area contributed by atoms with E-state index in [1.54, 1.807) is 0 Å². The molecule has 2 rings (SSSR count). The van der Waals surface area contributed by atoms with Gasteiger partial charge in [0.15, 0.2) is 0 Å². The second-order valence-corrected chi connectivity index (χ2v) is 4.67. The molecule has 12 heavy (non-hydrogen) atoms. The van der Waals surface area contributed by atoms with Crippen LogP contribution in [0.15, 0.2) is 29.2 Å². The van der Waals surface area contributed by atoms with E-state index >= 15 is 0 Å². The maximum Gasteiger partial charge on any atom is 0.0480 e. The minimum absolute atomic E-state index is 0.574. The molecule has 1 N–H and O–H groups in total. The summed E-state index contributed by atoms with van der Waals surface area (Å²) in [6, 6.07) is 9.07. The van der Waals surface area contributed by atoms with Crippen LogP contribution in [0.3, 0.4) is 0 Å². The Hall–Kier alpha value is -0.630. The molecule has 1 nitrogen and oxygen atoms in total. The first-order valence-corrected chi connectivity index (χ1v) is 5.17. The van der Waals surface area contributed by atoms with Crippen LogP contribution in [-0.2, 0) is 0 Å². The van der Waals surface area contributed by atoms with Crippen LogP contribution in [0.1, 0.15) is 13.8 Å². The fourth-order valence-electron chi connectivity index (χ4n) is 1.35. The van der Waals surface area contributed by atoms with Crippen LogP contribution in [0, 0.1) is 0 Å². The zero-order valence-electron chi connectivity index (χ0n) is 7.37. The summed E-state index contributed by atoms with van der Waals surface area (Å²) < 4.78 is 0. The van der Waals surface area contributed by atoms with Gasteiger partial charge < -0.3 is 5.32 Å². The number of nitrogens with one attached hydrogen (secondary N) is 1. The highest BCUT2D eigenvalue weighted by Crippen LogP contribution is 2.36. The third-order valence-electron chi connectivity index (χ3n) is 2.29. The Morgan fingerprint density at radius 2 is 2.00 bits per heavy atom. The Morgan fingerprint density at radius 1 is 1.25 bits per heavy atom. The second kappa shape index (κ2) is 3.02. The molecule has 2 heteroatoms. The van der Waals surface area contributed by atoms with E-state index in [4.69, 9.17) is 0 Å². The zero-order chi connectivity index (χ0) is 8.55. The van der Waals surface area contributed by atoms with Gasteiger partial charge in [0.1, 0.15) is 0 Å². The third kappa shape index (κ3) is 1.31. The number of anilines is 1. The van der Waals surface area contributed by atoms with Gasteiger partial charge in [-0.3, -0.25) is 0 Å². The lowest BCUT2D eigenvalue weighted by Gasteiger charge is -2.29. The van der Waals surface area contributed by atoms with Crippen molar-refractivity contribution in [2.75, 3.05) is 5.32 Å². The van der Waals surface area contributed by atoms with Crippen LogP contribution in [0.5, 0.6) is 0 Å². The van der Waals surface area contributed by atoms with Gasteiger partial charge in [-0.05, 0) is 19.1 Å². The fraction of sp³-hybridized carbons (Fsp3) is 0.400. The Morgan fingerprint density at radius 3 is 2.83 bits per heavy atom. The van der Waals surface area contributed by atoms with Crippen molar-refractivity contribution in [2.45, 2.75) is 30.0 Å². The van der Waals surface area contributed by atoms with E-state index in [0.717, 1.165) is 0 Å². The van der Waals surface area contributed by atoms with Gasteiger partial charge in [-0.2, -0.15) is 0 Å². The van der Waals surface area contributed by atoms with Gasteiger partial charge in [-0.15, -0.1) is 11.8 Å². The molecule has 0 bridgehead atoms. The number of hydrogen-bond donors (Lipinski definition) is 1. The molecule has 1 aromatic carbocycles. The SMILES string of the molecule is C[C@@H]1Sc2ccccc2N[C@@H]1C. The number of rotatable bonds is 0. The maximum absolute atomic E-state index is 3.49. The topological polar surface area (TPSA) is 12.0 Å². The second-order valence-electron chi connectivity index (χ2n) is 3.25. The largest absolute Gasteiger partial charge is 0.381 e. The average Bonchev–Trinajstić information content (AvgIpc) is 2.07. The molecule has 0 saturated carbocycles. The van der Waals surface area contributed by atoms with Crippen LogP contribution in [0.25, 0.3) is 0 Å². The predicted octanol–water partition coefficient (Wildman–Crippen LogP) is 2.98. The zero-order valence-corrected chi connectivity index (χ0v) is 8.19. The predicted molar refractivity (Wildman–Crippen MR) is 54.8 cm³/mol. The maximum atomic E-state index is 3.49. The lowest BCUT2D eigenvalue weighted by molar-refractivity contribution is 0.767. The van der Waals surface area contributed by atoms with Gasteiger partial charge in [0.05, 0.1) is 0 Å². The highest BCUT2D eigenvalue weighted by Gasteiger charge is 2.20. The van der Waals surface area contributed by atoms with E-state index in [1.165, 1.54) is 10.6 Å². The molecule has 0 aliphatic carbocycles. The number of para-hydroxylation sites is 1. The summed E-state index contributed by atoms with van der Waals surface area (Å²) in [5, 5.41) is 4.16. The van der Waals surface area contributed by atoms with Crippen LogP contribution >= 0.6 is 11.8 Å². The van der Waals surface area contributed by atoms with E-state index in [2.05, 4.69) is 43.4 Å². The van der Waals surface area contributed by atoms with Crippen molar-refractivity contribution >= 4 is 17.4 Å². The minimum atomic E-state index is 0.574. The van der Waals surface area contributed by atoms with E-state index in [0.29, 0.717) is 11.3 Å². The third-order valence-corrected chi connectivity index (χ3v) is 3.68. The lowest BCUT2D eigenvalue weighted by Crippen LogP contribution is -2.29. The quantitative estimate of drug-likeness (QED) is 0.657. The van der Waals surface area contributed by atoms with E-state index in [-0.39, 0.29) is 0 Å². The number of hydrogen-bond acceptors (Lipinski definition) is 2. The van der Waals surface area contributed by atoms with Gasteiger partial charge in [0.2, 0.25) is 0 Å². The van der Waals surface area contributed by atoms with Gasteiger partial charge in [-0.25, -0.2) is 0 Å². The molecule has 1 heterocycles. The molecular formula is C10H13NS. The molecule has 0 unspecified atom stereocenters. The molecule has 0 amide bonds. The molecule has 0 aromatic heterocycles. The summed E-state index contributed by atoms with van der Waals surface area (Å²) >= 11 is 1.96. The summed E-state index contributed by atoms with van der Waals surface area (Å²) in [6.45, 7) is 4.49. The first kappa shape index (κ1) is 7.99. The first-order chi connectivity index (χ1) is 5.77. The summed E-state index contributed by atoms with van der Waals surface area (Å²) in [5.74, 6) is 0. The van der Waals surface area contributed by atoms with Crippen molar-refractivity contribution < 1.29 is 0 Å². The fourth-order valence-corrected chi connectivity index (χ4v) is 2.44. The lowest BCUT2D eigenvalue weighted by atomic mass is 10.2. The monoisotopic (exact) mass is 179 g/mol. The molecule has 1 aliphatic heterocycles. The van der Waals surface area contributed by atoms with Gasteiger partial charge in [0.25, 0.3) is 0 Å². The Kier molecular flexibility index (Phi) is 2.01. The van der Waals surface area contributed by atoms with Crippen LogP contribution < -0.4 is 5.32 Å². The summed E-state index contributed by atoms with van der Waals surface area (Å²) in [4.78, 5) is 1.38. The van der Waals surface area contributed by atoms with Crippen molar-refractivity contribution in [3.63, 3.8) is 0 Å². The number of thioether (sulfide) groups is 1. The smallest absolute Gasteiger partial charge is 0.0480 e. The van der Waals surface area contributed by atoms with E-state index in [9.17, 15) is 0 Å². The van der Waals surface area contributed by atoms with Gasteiger partial charge in [0, 0.05) is 21.9 Å². The minimum Gasteiger partial charge on any atom is -0.381 e. The molecule has 0 fully saturated rings. The molecule has 0 saturated heterocycles. The van der Waals surface area contributed by atoms with Crippen molar-refractivity contribution in [3.05, 3.63) is 24.3 Å². The van der Waals surface area contributed by atoms with Gasteiger partial charge in [-0.1, -0.05) is 19.1 Å². The Labute approximate surface area is 77.6 Å². The molecule has 1 aliphatic rings. The normalized spacial score (nSPS) is 27.5. The molecule has 0 radical (unpaired) electrons. The van der Waals surface area contributed by atoms with Crippen LogP contribution in [0.4, 0.5) is 5.69 Å². The highest BCUT2D eigenvalue weighted by atomic mass is 32.2. The number of fused-ring (bicyclic) bond motifs is 1. The van der Waals surface area contributed by atoms with Crippen molar-refractivity contribution in [3.8, 4) is 0 Å². The molecule has 2 atom stereocenters. The summed E-state index contributed by atoms with van der Waals surface area (Å²) in [6.07, 6.45) is 0. The van der Waals surface area contributed by atoms with Crippen LogP contribution in [-0.4, -0.2) is 11.3 Å². The van der Waals surface area contributed by atoms with Crippen molar-refractivity contribution in [2.24, 2.45) is 0 Å². The van der Waals surface area contributed by atoms with Crippen molar-refractivity contribution in [1.29, 1.82) is 0 Å². The number of benzene rings is 1. The van der Waals surface area contributed by atoms with Crippen LogP contribution in [0.2, 0.25) is 0 Å². The van der Waals surface area contributed by atoms with Gasteiger partial charge >= 0.3 is 0 Å². The Balaban J connectivity index is 2.34. The average molecular weight is 179 g/mol. The standard InChI is InChI=1S/C10H13NS/c1-7-8(2)12-10-6-4-3-5-9(10)11-7/h3-8,11H,1-2H3/t7-,8+/m1/s1. The molecule has 0 spiro atoms. The summed E-state index contributed by atoms with van der Waals surface area (Å²) in [5.41, 5.74) is 1.29.